The van der Waals surface area contributed by atoms with Crippen LogP contribution < -0.4 is 0 Å². The lowest BCUT2D eigenvalue weighted by molar-refractivity contribution is -0.131. The summed E-state index contributed by atoms with van der Waals surface area (Å²) in [5.74, 6) is -0.828. The minimum Gasteiger partial charge on any atom is -0.478 e. The Hall–Kier alpha value is -0.790. The second kappa shape index (κ2) is 34.2. The van der Waals surface area contributed by atoms with Crippen molar-refractivity contribution >= 4 is 5.97 Å². The fourth-order valence-electron chi connectivity index (χ4n) is 5.65. The number of unbranched alkanes of at least 4 members (excludes halogenated alkanes) is 31. The highest BCUT2D eigenvalue weighted by Gasteiger charge is 1.97. The standard InChI is InChI=1S/C36H70O2/c1-2-3-4-5-6-7-8-9-10-11-12-13-14-15-16-17-18-19-20-21-22-23-24-25-26-27-28-29-30-31-32-33-34-35-36(37)38/h34-35H,2-33H2,1H3,(H,37,38). The summed E-state index contributed by atoms with van der Waals surface area (Å²) in [6, 6.07) is 0. The van der Waals surface area contributed by atoms with Crippen LogP contribution in [0, 0.1) is 0 Å². The Labute approximate surface area is 240 Å². The minimum absolute atomic E-state index is 0.828. The normalized spacial score (nSPS) is 11.6. The fraction of sp³-hybridized carbons (Fsp3) is 0.917. The second-order valence-corrected chi connectivity index (χ2v) is 12.1. The first-order valence-electron chi connectivity index (χ1n) is 17.7. The van der Waals surface area contributed by atoms with Gasteiger partial charge in [-0.15, -0.1) is 0 Å². The number of allylic oxidation sites excluding steroid dienone is 1. The summed E-state index contributed by atoms with van der Waals surface area (Å²) in [7, 11) is 0. The molecule has 0 aromatic carbocycles. The van der Waals surface area contributed by atoms with E-state index >= 15 is 0 Å². The van der Waals surface area contributed by atoms with Crippen LogP contribution in [0.25, 0.3) is 0 Å². The SMILES string of the molecule is CCCCCCCCCCCCCCCCCCCCCCCCCCCCCCCCCC=CC(=O)O. The average molecular weight is 535 g/mol. The molecule has 0 atom stereocenters. The van der Waals surface area contributed by atoms with E-state index in [1.54, 1.807) is 6.08 Å². The molecule has 1 N–H and O–H groups in total. The summed E-state index contributed by atoms with van der Waals surface area (Å²) < 4.78 is 0. The number of rotatable bonds is 33. The van der Waals surface area contributed by atoms with Crippen LogP contribution in [0.3, 0.4) is 0 Å². The highest BCUT2D eigenvalue weighted by molar-refractivity contribution is 5.79. The van der Waals surface area contributed by atoms with Gasteiger partial charge in [0.05, 0.1) is 0 Å². The molecular formula is C36H70O2. The zero-order valence-electron chi connectivity index (χ0n) is 26.1. The summed E-state index contributed by atoms with van der Waals surface area (Å²) >= 11 is 0. The second-order valence-electron chi connectivity index (χ2n) is 12.1. The number of carbonyl (C=O) groups is 1. The average Bonchev–Trinajstić information content (AvgIpc) is 2.91. The predicted molar refractivity (Wildman–Crippen MR) is 170 cm³/mol. The first kappa shape index (κ1) is 37.2. The van der Waals surface area contributed by atoms with Gasteiger partial charge in [-0.25, -0.2) is 4.79 Å². The fourth-order valence-corrected chi connectivity index (χ4v) is 5.65. The molecule has 2 heteroatoms. The maximum atomic E-state index is 10.4. The van der Waals surface area contributed by atoms with E-state index in [2.05, 4.69) is 6.92 Å². The van der Waals surface area contributed by atoms with Crippen molar-refractivity contribution in [1.29, 1.82) is 0 Å². The van der Waals surface area contributed by atoms with Crippen molar-refractivity contribution in [2.45, 2.75) is 212 Å². The largest absolute Gasteiger partial charge is 0.478 e. The predicted octanol–water partition coefficient (Wildman–Crippen LogP) is 13.1. The molecule has 0 radical (unpaired) electrons. The zero-order chi connectivity index (χ0) is 27.6. The molecule has 0 bridgehead atoms. The Morgan fingerprint density at radius 3 is 0.816 bits per heavy atom. The number of carboxylic acid groups (broad SMARTS) is 1. The Morgan fingerprint density at radius 1 is 0.395 bits per heavy atom. The molecule has 0 rings (SSSR count). The molecule has 2 nitrogen and oxygen atoms in total. The van der Waals surface area contributed by atoms with Gasteiger partial charge in [0, 0.05) is 6.08 Å². The summed E-state index contributed by atoms with van der Waals surface area (Å²) in [4.78, 5) is 10.4. The lowest BCUT2D eigenvalue weighted by atomic mass is 10.0. The third-order valence-corrected chi connectivity index (χ3v) is 8.23. The summed E-state index contributed by atoms with van der Waals surface area (Å²) in [6.07, 6.45) is 48.3. The van der Waals surface area contributed by atoms with Gasteiger partial charge in [0.25, 0.3) is 0 Å². The van der Waals surface area contributed by atoms with E-state index in [1.807, 2.05) is 0 Å². The molecule has 0 aliphatic rings. The van der Waals surface area contributed by atoms with Crippen LogP contribution >= 0.6 is 0 Å². The van der Waals surface area contributed by atoms with Gasteiger partial charge in [0.2, 0.25) is 0 Å². The topological polar surface area (TPSA) is 37.3 Å². The number of carboxylic acids is 1. The van der Waals surface area contributed by atoms with E-state index in [9.17, 15) is 4.79 Å². The Morgan fingerprint density at radius 2 is 0.605 bits per heavy atom. The van der Waals surface area contributed by atoms with Gasteiger partial charge in [0.1, 0.15) is 0 Å². The third kappa shape index (κ3) is 35.2. The van der Waals surface area contributed by atoms with Crippen LogP contribution in [0.15, 0.2) is 12.2 Å². The van der Waals surface area contributed by atoms with E-state index < -0.39 is 5.97 Å². The molecule has 0 aliphatic heterocycles. The van der Waals surface area contributed by atoms with Gasteiger partial charge in [-0.05, 0) is 12.8 Å². The molecule has 0 aromatic heterocycles. The van der Waals surface area contributed by atoms with Crippen LogP contribution in [0.2, 0.25) is 0 Å². The van der Waals surface area contributed by atoms with Gasteiger partial charge in [-0.3, -0.25) is 0 Å². The molecule has 226 valence electrons. The summed E-state index contributed by atoms with van der Waals surface area (Å²) in [5.41, 5.74) is 0. The van der Waals surface area contributed by atoms with Crippen molar-refractivity contribution in [3.63, 3.8) is 0 Å². The van der Waals surface area contributed by atoms with E-state index in [0.29, 0.717) is 0 Å². The lowest BCUT2D eigenvalue weighted by Crippen LogP contribution is -1.86. The molecular weight excluding hydrogens is 464 g/mol. The molecule has 0 fully saturated rings. The van der Waals surface area contributed by atoms with Gasteiger partial charge < -0.3 is 5.11 Å². The van der Waals surface area contributed by atoms with Crippen molar-refractivity contribution < 1.29 is 9.90 Å². The molecule has 0 unspecified atom stereocenters. The van der Waals surface area contributed by atoms with Gasteiger partial charge in [-0.1, -0.05) is 206 Å². The maximum Gasteiger partial charge on any atom is 0.327 e. The van der Waals surface area contributed by atoms with Crippen molar-refractivity contribution in [2.24, 2.45) is 0 Å². The van der Waals surface area contributed by atoms with E-state index in [4.69, 9.17) is 5.11 Å². The smallest absolute Gasteiger partial charge is 0.327 e. The van der Waals surface area contributed by atoms with Gasteiger partial charge >= 0.3 is 5.97 Å². The lowest BCUT2D eigenvalue weighted by Gasteiger charge is -2.04. The van der Waals surface area contributed by atoms with Crippen LogP contribution in [0.5, 0.6) is 0 Å². The highest BCUT2D eigenvalue weighted by Crippen LogP contribution is 2.16. The van der Waals surface area contributed by atoms with Crippen LogP contribution in [0.4, 0.5) is 0 Å². The quantitative estimate of drug-likeness (QED) is 0.0671. The number of hydrogen-bond donors (Lipinski definition) is 1. The minimum atomic E-state index is -0.828. The molecule has 0 amide bonds. The molecule has 0 saturated heterocycles. The first-order chi connectivity index (χ1) is 18.8. The highest BCUT2D eigenvalue weighted by atomic mass is 16.4. The Balaban J connectivity index is 3.04. The Kier molecular flexibility index (Phi) is 33.5. The summed E-state index contributed by atoms with van der Waals surface area (Å²) in [5, 5.41) is 8.54. The molecule has 0 spiro atoms. The molecule has 0 heterocycles. The van der Waals surface area contributed by atoms with Crippen molar-refractivity contribution in [3.8, 4) is 0 Å². The van der Waals surface area contributed by atoms with Crippen LogP contribution in [-0.4, -0.2) is 11.1 Å². The van der Waals surface area contributed by atoms with Crippen molar-refractivity contribution in [3.05, 3.63) is 12.2 Å². The molecule has 0 aliphatic carbocycles. The Bertz CT molecular complexity index is 470. The summed E-state index contributed by atoms with van der Waals surface area (Å²) in [6.45, 7) is 2.30. The van der Waals surface area contributed by atoms with E-state index in [0.717, 1.165) is 12.8 Å². The first-order valence-corrected chi connectivity index (χ1v) is 17.7. The van der Waals surface area contributed by atoms with Gasteiger partial charge in [0.15, 0.2) is 0 Å². The van der Waals surface area contributed by atoms with Crippen molar-refractivity contribution in [2.75, 3.05) is 0 Å². The maximum absolute atomic E-state index is 10.4. The van der Waals surface area contributed by atoms with Crippen molar-refractivity contribution in [1.82, 2.24) is 0 Å². The molecule has 0 saturated carbocycles. The molecule has 38 heavy (non-hydrogen) atoms. The number of hydrogen-bond acceptors (Lipinski definition) is 1. The number of aliphatic carboxylic acids is 1. The monoisotopic (exact) mass is 535 g/mol. The van der Waals surface area contributed by atoms with Crippen LogP contribution in [0.1, 0.15) is 212 Å². The van der Waals surface area contributed by atoms with Gasteiger partial charge in [-0.2, -0.15) is 0 Å². The van der Waals surface area contributed by atoms with E-state index in [-0.39, 0.29) is 0 Å². The third-order valence-electron chi connectivity index (χ3n) is 8.23. The van der Waals surface area contributed by atoms with E-state index in [1.165, 1.54) is 199 Å². The molecule has 0 aromatic rings. The zero-order valence-corrected chi connectivity index (χ0v) is 26.1. The van der Waals surface area contributed by atoms with Crippen LogP contribution in [-0.2, 0) is 4.79 Å².